The number of aliphatic imine (C=N–C) groups is 3. The van der Waals surface area contributed by atoms with E-state index in [9.17, 15) is 112 Å². The molecule has 52 nitrogen and oxygen atoms in total. The fraction of sp³-hybridized carbons (Fsp3) is 0.731. The van der Waals surface area contributed by atoms with E-state index in [0.717, 1.165) is 11.8 Å². The number of aliphatic carboxylic acids is 2. The summed E-state index contributed by atoms with van der Waals surface area (Å²) in [6, 6.07) is -22.7. The number of carboxylic acid groups (broad SMARTS) is 2. The van der Waals surface area contributed by atoms with Crippen molar-refractivity contribution in [2.75, 3.05) is 71.3 Å². The Morgan fingerprint density at radius 1 is 0.412 bits per heavy atom. The van der Waals surface area contributed by atoms with E-state index >= 15 is 0 Å². The Hall–Kier alpha value is -11.7. The van der Waals surface area contributed by atoms with Gasteiger partial charge in [0.05, 0.1) is 37.9 Å². The number of thiol groups is 1. The number of nitrogens with zero attached hydrogens (tertiary/aromatic N) is 4. The summed E-state index contributed by atoms with van der Waals surface area (Å²) in [6.45, 7) is 7.26. The third-order valence-electron chi connectivity index (χ3n) is 20.7. The minimum atomic E-state index is -1.95. The lowest BCUT2D eigenvalue weighted by atomic mass is 9.97. The lowest BCUT2D eigenvalue weighted by Crippen LogP contribution is -2.62. The maximum Gasteiger partial charge on any atom is 0.326 e. The highest BCUT2D eigenvalue weighted by Crippen LogP contribution is 2.22. The van der Waals surface area contributed by atoms with Crippen molar-refractivity contribution in [2.24, 2.45) is 84.1 Å². The molecular weight excluding hydrogens is 1740 g/mol. The number of hydrogen-bond acceptors (Lipinski definition) is 29. The number of guanidine groups is 3. The van der Waals surface area contributed by atoms with Crippen LogP contribution in [0.5, 0.6) is 0 Å². The number of aliphatic hydroxyl groups is 3. The predicted octanol–water partition coefficient (Wildman–Crippen LogP) is -12.3. The summed E-state index contributed by atoms with van der Waals surface area (Å²) in [5, 5.41) is 88.5. The molecule has 1 heterocycles. The quantitative estimate of drug-likeness (QED) is 0.0116. The van der Waals surface area contributed by atoms with Crippen molar-refractivity contribution in [2.45, 2.75) is 280 Å². The molecule has 0 saturated carbocycles. The molecule has 1 fully saturated rings. The molecule has 1 rings (SSSR count). The summed E-state index contributed by atoms with van der Waals surface area (Å²) in [6.07, 6.45) is -2.87. The van der Waals surface area contributed by atoms with Crippen molar-refractivity contribution >= 4 is 137 Å². The van der Waals surface area contributed by atoms with E-state index in [1.54, 1.807) is 20.8 Å². The van der Waals surface area contributed by atoms with Crippen LogP contribution in [-0.4, -0.2) is 329 Å². The van der Waals surface area contributed by atoms with Gasteiger partial charge in [0, 0.05) is 38.4 Å². The average Bonchev–Trinajstić information content (AvgIpc) is 1.71. The number of carbonyl (C=O) groups is 18. The third-order valence-corrected chi connectivity index (χ3v) is 21.1. The molecule has 0 spiro atoms. The maximum atomic E-state index is 14.6. The third kappa shape index (κ3) is 45.6. The summed E-state index contributed by atoms with van der Waals surface area (Å²) < 4.78 is 0. The van der Waals surface area contributed by atoms with Gasteiger partial charge in [-0.2, -0.15) is 12.6 Å². The monoisotopic (exact) mass is 1890 g/mol. The maximum absolute atomic E-state index is 14.6. The van der Waals surface area contributed by atoms with Gasteiger partial charge < -0.3 is 168 Å². The average molecular weight is 1890 g/mol. The molecule has 53 heteroatoms. The smallest absolute Gasteiger partial charge is 0.326 e. The number of rotatable bonds is 66. The lowest BCUT2D eigenvalue weighted by molar-refractivity contribution is -0.145. The predicted molar refractivity (Wildman–Crippen MR) is 481 cm³/mol. The summed E-state index contributed by atoms with van der Waals surface area (Å²) >= 11 is 4.01. The van der Waals surface area contributed by atoms with E-state index in [2.05, 4.69) is 107 Å². The highest BCUT2D eigenvalue weighted by molar-refractivity contribution is 7.80. The second-order valence-electron chi connectivity index (χ2n) is 32.0. The molecule has 0 radical (unpaired) electrons. The number of aliphatic hydroxyl groups excluding tert-OH is 3. The molecule has 131 heavy (non-hydrogen) atoms. The first-order chi connectivity index (χ1) is 61.7. The van der Waals surface area contributed by atoms with E-state index in [1.165, 1.54) is 20.8 Å². The standard InChI is InChI=1S/C78H143N29O23S/c1-8-40(4)58(104-66(120)46(23-16-32-90-77(85)86)96-54(111)35-92-63(117)45(22-15-31-89-76(83)84)95-55(112)36-93-71(125)59(42(6)109)105-68(122)47(19-9-12-28-79)97-62(116)44(82)38-131)73(127)102-52(37-108)69(123)106-60(43(7)110)74(128)107-34-18-25-53(107)70(124)100-50(26-27-56(113)114)65(119)99-49(24-17-33-91-78(87)88)64(118)98-48(20-10-13-29-80)67(121)103-57(39(2)3)72(126)94-41(5)61(115)101-51(75(129)130)21-11-14-30-81/h39-53,57-60,108-110,131H,8-38,79-82H2,1-7H3,(H,92,117)(H,93,125)(H,94,126)(H,95,112)(H,96,111)(H,97,116)(H,98,118)(H,99,119)(H,100,124)(H,101,115)(H,102,127)(H,103,121)(H,104,120)(H,105,122)(H,106,123)(H,113,114)(H,129,130)(H4,83,84,89)(H4,85,86,90)(H4,87,88,91)/t40-,41-,42+,43+,44-,45-,46-,47-,48-,49-,50-,51-,52-,53-,57-,58-,59-,60-/m0/s1. The van der Waals surface area contributed by atoms with Crippen LogP contribution in [0.15, 0.2) is 15.0 Å². The SMILES string of the molecule is CC[C@H](C)[C@H](NC(=O)[C@H](CCCN=C(N)N)NC(=O)CNC(=O)[C@H](CCCN=C(N)N)NC(=O)CNC(=O)[C@@H](NC(=O)[C@H](CCCCN)NC(=O)[C@@H](N)CS)[C@@H](C)O)C(=O)N[C@@H](CO)C(=O)N[C@H](C(=O)N1CCC[C@H]1C(=O)N[C@@H](CCC(=O)O)C(=O)N[C@@H](CCCN=C(N)N)C(=O)N[C@@H](CCCCN)C(=O)N[C@H](C(=O)N[C@@H](C)C(=O)N[C@@H](CCCCN)C(=O)O)C(C)C)[C@@H](C)O. The van der Waals surface area contributed by atoms with E-state index in [-0.39, 0.29) is 146 Å². The van der Waals surface area contributed by atoms with Gasteiger partial charge in [0.2, 0.25) is 94.5 Å². The van der Waals surface area contributed by atoms with E-state index in [0.29, 0.717) is 38.6 Å². The zero-order valence-corrected chi connectivity index (χ0v) is 76.4. The van der Waals surface area contributed by atoms with Crippen LogP contribution < -0.4 is 137 Å². The Labute approximate surface area is 765 Å². The number of likely N-dealkylation sites (tertiary alicyclic amines) is 1. The molecule has 1 saturated heterocycles. The van der Waals surface area contributed by atoms with Gasteiger partial charge >= 0.3 is 11.9 Å². The molecule has 40 N–H and O–H groups in total. The number of hydrogen-bond donors (Lipinski definition) is 31. The number of amides is 16. The fourth-order valence-electron chi connectivity index (χ4n) is 13.0. The Morgan fingerprint density at radius 3 is 1.19 bits per heavy atom. The van der Waals surface area contributed by atoms with Crippen LogP contribution in [0.25, 0.3) is 0 Å². The second kappa shape index (κ2) is 63.4. The molecule has 0 bridgehead atoms. The number of carbonyl (C=O) groups excluding carboxylic acids is 16. The van der Waals surface area contributed by atoms with Gasteiger partial charge in [0.1, 0.15) is 84.6 Å². The van der Waals surface area contributed by atoms with E-state index in [1.807, 2.05) is 0 Å². The summed E-state index contributed by atoms with van der Waals surface area (Å²) in [5.74, 6) is -21.1. The van der Waals surface area contributed by atoms with Gasteiger partial charge in [0.25, 0.3) is 0 Å². The first-order valence-corrected chi connectivity index (χ1v) is 44.2. The molecule has 744 valence electrons. The van der Waals surface area contributed by atoms with Gasteiger partial charge in [-0.3, -0.25) is 96.5 Å². The van der Waals surface area contributed by atoms with Crippen LogP contribution in [0.4, 0.5) is 0 Å². The van der Waals surface area contributed by atoms with E-state index in [4.69, 9.17) is 57.3 Å². The Kier molecular flexibility index (Phi) is 56.8. The van der Waals surface area contributed by atoms with Crippen LogP contribution in [0.3, 0.4) is 0 Å². The molecule has 0 aromatic carbocycles. The first-order valence-electron chi connectivity index (χ1n) is 43.6. The Balaban J connectivity index is 3.57. The van der Waals surface area contributed by atoms with Gasteiger partial charge in [-0.15, -0.1) is 0 Å². The van der Waals surface area contributed by atoms with Crippen LogP contribution in [0.2, 0.25) is 0 Å². The van der Waals surface area contributed by atoms with E-state index < -0.39 is 254 Å². The van der Waals surface area contributed by atoms with Gasteiger partial charge in [0.15, 0.2) is 17.9 Å². The Morgan fingerprint density at radius 2 is 0.779 bits per heavy atom. The molecular formula is C78H143N29O23S. The van der Waals surface area contributed by atoms with Gasteiger partial charge in [-0.1, -0.05) is 34.1 Å². The molecule has 0 aliphatic carbocycles. The Bertz CT molecular complexity index is 3840. The molecule has 18 atom stereocenters. The van der Waals surface area contributed by atoms with Crippen molar-refractivity contribution in [1.82, 2.24) is 84.7 Å². The van der Waals surface area contributed by atoms with Crippen molar-refractivity contribution < 1.29 is 112 Å². The zero-order valence-electron chi connectivity index (χ0n) is 75.5. The molecule has 0 unspecified atom stereocenters. The number of nitrogens with one attached hydrogen (secondary N) is 15. The van der Waals surface area contributed by atoms with Crippen LogP contribution in [-0.2, 0) is 86.3 Å². The highest BCUT2D eigenvalue weighted by Gasteiger charge is 2.43. The minimum absolute atomic E-state index is 0.00641. The van der Waals surface area contributed by atoms with Crippen molar-refractivity contribution in [3.63, 3.8) is 0 Å². The van der Waals surface area contributed by atoms with Crippen LogP contribution in [0, 0.1) is 11.8 Å². The first kappa shape index (κ1) is 117. The van der Waals surface area contributed by atoms with Crippen molar-refractivity contribution in [3.05, 3.63) is 0 Å². The topological polar surface area (TPSA) is 889 Å². The summed E-state index contributed by atoms with van der Waals surface area (Å²) in [4.78, 5) is 260. The molecule has 0 aromatic rings. The van der Waals surface area contributed by atoms with Crippen molar-refractivity contribution in [3.8, 4) is 0 Å². The number of unbranched alkanes of at least 4 members (excludes halogenated alkanes) is 3. The van der Waals surface area contributed by atoms with Crippen LogP contribution >= 0.6 is 12.6 Å². The zero-order chi connectivity index (χ0) is 99.3. The molecule has 0 aromatic heterocycles. The van der Waals surface area contributed by atoms with Gasteiger partial charge in [-0.05, 0) is 168 Å². The largest absolute Gasteiger partial charge is 0.481 e. The molecule has 1 aliphatic heterocycles. The minimum Gasteiger partial charge on any atom is -0.481 e. The summed E-state index contributed by atoms with van der Waals surface area (Å²) in [5.41, 5.74) is 55.8. The second-order valence-corrected chi connectivity index (χ2v) is 32.3. The number of carboxylic acids is 2. The van der Waals surface area contributed by atoms with Crippen molar-refractivity contribution in [1.29, 1.82) is 0 Å². The molecule has 16 amide bonds. The highest BCUT2D eigenvalue weighted by atomic mass is 32.1. The normalized spacial score (nSPS) is 16.2. The summed E-state index contributed by atoms with van der Waals surface area (Å²) in [7, 11) is 0. The van der Waals surface area contributed by atoms with Crippen LogP contribution in [0.1, 0.15) is 177 Å². The molecule has 1 aliphatic rings. The van der Waals surface area contributed by atoms with Gasteiger partial charge in [-0.25, -0.2) is 4.79 Å². The lowest BCUT2D eigenvalue weighted by Gasteiger charge is -2.32. The number of nitrogens with two attached hydrogens (primary N) is 10. The fourth-order valence-corrected chi connectivity index (χ4v) is 13.2.